The summed E-state index contributed by atoms with van der Waals surface area (Å²) in [5, 5.41) is 4.10. The highest BCUT2D eigenvalue weighted by Crippen LogP contribution is 2.30. The van der Waals surface area contributed by atoms with Crippen LogP contribution in [0.15, 0.2) is 24.3 Å². The van der Waals surface area contributed by atoms with Crippen molar-refractivity contribution in [1.82, 2.24) is 5.32 Å². The lowest BCUT2D eigenvalue weighted by Gasteiger charge is -2.22. The van der Waals surface area contributed by atoms with Gasteiger partial charge in [0.05, 0.1) is 6.10 Å². The predicted molar refractivity (Wildman–Crippen MR) is 93.2 cm³/mol. The van der Waals surface area contributed by atoms with Crippen LogP contribution in [0.1, 0.15) is 51.3 Å². The van der Waals surface area contributed by atoms with E-state index in [-0.39, 0.29) is 5.41 Å². The summed E-state index contributed by atoms with van der Waals surface area (Å²) < 4.78 is 5.65. The third kappa shape index (κ3) is 4.48. The molecule has 1 aliphatic rings. The van der Waals surface area contributed by atoms with Crippen molar-refractivity contribution >= 4 is 11.8 Å². The number of thioether (sulfide) groups is 1. The van der Waals surface area contributed by atoms with Crippen LogP contribution >= 0.6 is 11.8 Å². The van der Waals surface area contributed by atoms with Crippen LogP contribution in [0.2, 0.25) is 0 Å². The zero-order valence-corrected chi connectivity index (χ0v) is 14.8. The monoisotopic (exact) mass is 307 g/mol. The SMILES string of the molecule is CNC(CSC1CCOC1C)c1ccc(C(C)(C)C)cc1. The Morgan fingerprint density at radius 3 is 2.43 bits per heavy atom. The van der Waals surface area contributed by atoms with Gasteiger partial charge in [-0.2, -0.15) is 11.8 Å². The number of nitrogens with one attached hydrogen (secondary N) is 1. The lowest BCUT2D eigenvalue weighted by atomic mass is 9.86. The first-order chi connectivity index (χ1) is 9.91. The number of hydrogen-bond acceptors (Lipinski definition) is 3. The zero-order valence-electron chi connectivity index (χ0n) is 14.0. The van der Waals surface area contributed by atoms with Gasteiger partial charge in [-0.05, 0) is 36.9 Å². The van der Waals surface area contributed by atoms with Gasteiger partial charge < -0.3 is 10.1 Å². The molecular weight excluding hydrogens is 278 g/mol. The summed E-state index contributed by atoms with van der Waals surface area (Å²) in [4.78, 5) is 0. The second-order valence-electron chi connectivity index (χ2n) is 6.95. The summed E-state index contributed by atoms with van der Waals surface area (Å²) in [6.07, 6.45) is 1.58. The van der Waals surface area contributed by atoms with Crippen LogP contribution in [0.3, 0.4) is 0 Å². The highest BCUT2D eigenvalue weighted by molar-refractivity contribution is 8.00. The second kappa shape index (κ2) is 7.17. The van der Waals surface area contributed by atoms with Crippen molar-refractivity contribution in [2.24, 2.45) is 0 Å². The topological polar surface area (TPSA) is 21.3 Å². The van der Waals surface area contributed by atoms with E-state index in [4.69, 9.17) is 4.74 Å². The average Bonchev–Trinajstić information content (AvgIpc) is 2.85. The third-order valence-corrected chi connectivity index (χ3v) is 5.88. The molecular formula is C18H29NOS. The Balaban J connectivity index is 1.97. The minimum Gasteiger partial charge on any atom is -0.377 e. The average molecular weight is 308 g/mol. The van der Waals surface area contributed by atoms with Crippen LogP contribution in [0.5, 0.6) is 0 Å². The summed E-state index contributed by atoms with van der Waals surface area (Å²) in [5.74, 6) is 1.10. The molecule has 2 rings (SSSR count). The molecule has 1 aromatic carbocycles. The molecule has 1 saturated heterocycles. The predicted octanol–water partition coefficient (Wildman–Crippen LogP) is 4.16. The highest BCUT2D eigenvalue weighted by atomic mass is 32.2. The fourth-order valence-electron chi connectivity index (χ4n) is 2.71. The van der Waals surface area contributed by atoms with E-state index in [2.05, 4.69) is 64.3 Å². The minimum atomic E-state index is 0.221. The van der Waals surface area contributed by atoms with Crippen molar-refractivity contribution < 1.29 is 4.74 Å². The molecule has 1 heterocycles. The number of hydrogen-bond donors (Lipinski definition) is 1. The second-order valence-corrected chi connectivity index (χ2v) is 8.22. The maximum Gasteiger partial charge on any atom is 0.0666 e. The van der Waals surface area contributed by atoms with Gasteiger partial charge >= 0.3 is 0 Å². The molecule has 0 spiro atoms. The Labute approximate surface area is 134 Å². The molecule has 118 valence electrons. The molecule has 0 aromatic heterocycles. The molecule has 21 heavy (non-hydrogen) atoms. The van der Waals surface area contributed by atoms with Crippen LogP contribution in [-0.2, 0) is 10.2 Å². The van der Waals surface area contributed by atoms with Crippen molar-refractivity contribution in [3.63, 3.8) is 0 Å². The molecule has 0 amide bonds. The summed E-state index contributed by atoms with van der Waals surface area (Å²) in [5.41, 5.74) is 3.00. The molecule has 0 bridgehead atoms. The Morgan fingerprint density at radius 1 is 1.29 bits per heavy atom. The van der Waals surface area contributed by atoms with Crippen molar-refractivity contribution in [2.45, 2.75) is 56.9 Å². The van der Waals surface area contributed by atoms with E-state index in [0.717, 1.165) is 12.4 Å². The smallest absolute Gasteiger partial charge is 0.0666 e. The van der Waals surface area contributed by atoms with Gasteiger partial charge in [0.15, 0.2) is 0 Å². The maximum absolute atomic E-state index is 5.65. The Kier molecular flexibility index (Phi) is 5.75. The van der Waals surface area contributed by atoms with Crippen molar-refractivity contribution in [1.29, 1.82) is 0 Å². The summed E-state index contributed by atoms with van der Waals surface area (Å²) in [6.45, 7) is 9.89. The van der Waals surface area contributed by atoms with Gasteiger partial charge in [-0.15, -0.1) is 0 Å². The van der Waals surface area contributed by atoms with E-state index in [0.29, 0.717) is 17.4 Å². The van der Waals surface area contributed by atoms with E-state index >= 15 is 0 Å². The molecule has 1 aromatic rings. The first-order valence-electron chi connectivity index (χ1n) is 7.92. The highest BCUT2D eigenvalue weighted by Gasteiger charge is 2.25. The van der Waals surface area contributed by atoms with Gasteiger partial charge in [0.1, 0.15) is 0 Å². The maximum atomic E-state index is 5.65. The first-order valence-corrected chi connectivity index (χ1v) is 8.97. The van der Waals surface area contributed by atoms with E-state index in [1.165, 1.54) is 17.5 Å². The third-order valence-electron chi connectivity index (χ3n) is 4.31. The van der Waals surface area contributed by atoms with Gasteiger partial charge in [0, 0.05) is 23.7 Å². The van der Waals surface area contributed by atoms with Crippen molar-refractivity contribution in [3.05, 3.63) is 35.4 Å². The molecule has 1 aliphatic heterocycles. The molecule has 0 radical (unpaired) electrons. The summed E-state index contributed by atoms with van der Waals surface area (Å²) >= 11 is 2.04. The van der Waals surface area contributed by atoms with Crippen molar-refractivity contribution in [2.75, 3.05) is 19.4 Å². The lowest BCUT2D eigenvalue weighted by molar-refractivity contribution is 0.127. The largest absolute Gasteiger partial charge is 0.377 e. The fourth-order valence-corrected chi connectivity index (χ4v) is 4.12. The van der Waals surface area contributed by atoms with E-state index < -0.39 is 0 Å². The Bertz CT molecular complexity index is 438. The Morgan fingerprint density at radius 2 is 1.95 bits per heavy atom. The van der Waals surface area contributed by atoms with E-state index in [1.807, 2.05) is 11.8 Å². The van der Waals surface area contributed by atoms with E-state index in [1.54, 1.807) is 0 Å². The van der Waals surface area contributed by atoms with Crippen LogP contribution in [0, 0.1) is 0 Å². The van der Waals surface area contributed by atoms with Gasteiger partial charge in [0.2, 0.25) is 0 Å². The molecule has 2 nitrogen and oxygen atoms in total. The molecule has 3 unspecified atom stereocenters. The van der Waals surface area contributed by atoms with Gasteiger partial charge in [0.25, 0.3) is 0 Å². The number of ether oxygens (including phenoxy) is 1. The fraction of sp³-hybridized carbons (Fsp3) is 0.667. The molecule has 3 atom stereocenters. The number of benzene rings is 1. The normalized spacial score (nSPS) is 24.2. The van der Waals surface area contributed by atoms with Gasteiger partial charge in [-0.3, -0.25) is 0 Å². The molecule has 0 aliphatic carbocycles. The minimum absolute atomic E-state index is 0.221. The van der Waals surface area contributed by atoms with Gasteiger partial charge in [-0.1, -0.05) is 45.0 Å². The van der Waals surface area contributed by atoms with Gasteiger partial charge in [-0.25, -0.2) is 0 Å². The Hall–Kier alpha value is -0.510. The number of rotatable bonds is 5. The zero-order chi connectivity index (χ0) is 15.5. The van der Waals surface area contributed by atoms with Crippen LogP contribution in [0.4, 0.5) is 0 Å². The molecule has 3 heteroatoms. The molecule has 1 N–H and O–H groups in total. The summed E-state index contributed by atoms with van der Waals surface area (Å²) in [7, 11) is 2.05. The molecule has 0 saturated carbocycles. The van der Waals surface area contributed by atoms with Crippen LogP contribution < -0.4 is 5.32 Å². The van der Waals surface area contributed by atoms with Crippen LogP contribution in [0.25, 0.3) is 0 Å². The first kappa shape index (κ1) is 16.9. The van der Waals surface area contributed by atoms with E-state index in [9.17, 15) is 0 Å². The summed E-state index contributed by atoms with van der Waals surface area (Å²) in [6, 6.07) is 9.50. The van der Waals surface area contributed by atoms with Crippen molar-refractivity contribution in [3.8, 4) is 0 Å². The quantitative estimate of drug-likeness (QED) is 0.883. The standard InChI is InChI=1S/C18H29NOS/c1-13-17(10-11-20-13)21-12-16(19-5)14-6-8-15(9-7-14)18(2,3)4/h6-9,13,16-17,19H,10-12H2,1-5H3. The van der Waals surface area contributed by atoms with Crippen LogP contribution in [-0.4, -0.2) is 30.8 Å². The molecule has 1 fully saturated rings. The lowest BCUT2D eigenvalue weighted by Crippen LogP contribution is -2.22.